The standard InChI is InChI=1S/C21H18N2O4/c24-19-7-4-12-23(19)17-8-10-18(11-9-17)27-20(25)13-16-14-26-21(22-16)15-5-2-1-3-6-15/h1-3,5-6,8-11,14H,4,7,12-13H2. The third-order valence-electron chi connectivity index (χ3n) is 4.35. The predicted octanol–water partition coefficient (Wildman–Crippen LogP) is 3.62. The Labute approximate surface area is 156 Å². The molecule has 1 amide bonds. The van der Waals surface area contributed by atoms with Crippen LogP contribution in [0.1, 0.15) is 18.5 Å². The predicted molar refractivity (Wildman–Crippen MR) is 99.3 cm³/mol. The molecule has 6 nitrogen and oxygen atoms in total. The number of carbonyl (C=O) groups is 2. The van der Waals surface area contributed by atoms with Gasteiger partial charge < -0.3 is 14.1 Å². The number of nitrogens with zero attached hydrogens (tertiary/aromatic N) is 2. The van der Waals surface area contributed by atoms with Gasteiger partial charge in [0.15, 0.2) is 0 Å². The summed E-state index contributed by atoms with van der Waals surface area (Å²) in [5.41, 5.74) is 2.18. The van der Waals surface area contributed by atoms with Crippen molar-refractivity contribution in [3.05, 3.63) is 66.6 Å². The third kappa shape index (κ3) is 3.89. The van der Waals surface area contributed by atoms with Crippen molar-refractivity contribution in [3.8, 4) is 17.2 Å². The van der Waals surface area contributed by atoms with Gasteiger partial charge in [-0.25, -0.2) is 4.98 Å². The highest BCUT2D eigenvalue weighted by Gasteiger charge is 2.21. The molecule has 0 atom stereocenters. The minimum absolute atomic E-state index is 0.0166. The molecule has 1 fully saturated rings. The summed E-state index contributed by atoms with van der Waals surface area (Å²) in [6.45, 7) is 0.730. The topological polar surface area (TPSA) is 72.6 Å². The largest absolute Gasteiger partial charge is 0.444 e. The average Bonchev–Trinajstić information content (AvgIpc) is 3.32. The molecule has 1 aliphatic heterocycles. The molecule has 4 rings (SSSR count). The molecule has 3 aromatic rings. The van der Waals surface area contributed by atoms with Crippen molar-refractivity contribution in [2.24, 2.45) is 0 Å². The number of hydrogen-bond donors (Lipinski definition) is 0. The molecule has 27 heavy (non-hydrogen) atoms. The number of ether oxygens (including phenoxy) is 1. The number of hydrogen-bond acceptors (Lipinski definition) is 5. The van der Waals surface area contributed by atoms with Crippen molar-refractivity contribution >= 4 is 17.6 Å². The maximum absolute atomic E-state index is 12.2. The van der Waals surface area contributed by atoms with Crippen LogP contribution in [0.4, 0.5) is 5.69 Å². The van der Waals surface area contributed by atoms with Crippen LogP contribution >= 0.6 is 0 Å². The Bertz CT molecular complexity index is 948. The lowest BCUT2D eigenvalue weighted by Crippen LogP contribution is -2.23. The van der Waals surface area contributed by atoms with Crippen LogP contribution in [0, 0.1) is 0 Å². The van der Waals surface area contributed by atoms with E-state index in [-0.39, 0.29) is 12.3 Å². The van der Waals surface area contributed by atoms with Crippen molar-refractivity contribution in [1.29, 1.82) is 0 Å². The van der Waals surface area contributed by atoms with Gasteiger partial charge in [0.2, 0.25) is 11.8 Å². The van der Waals surface area contributed by atoms with Gasteiger partial charge in [0.25, 0.3) is 0 Å². The van der Waals surface area contributed by atoms with Gasteiger partial charge in [-0.3, -0.25) is 9.59 Å². The molecule has 0 spiro atoms. The van der Waals surface area contributed by atoms with E-state index in [0.717, 1.165) is 24.2 Å². The zero-order valence-electron chi connectivity index (χ0n) is 14.6. The van der Waals surface area contributed by atoms with Crippen LogP contribution in [0.2, 0.25) is 0 Å². The zero-order chi connectivity index (χ0) is 18.6. The average molecular weight is 362 g/mol. The first-order chi connectivity index (χ1) is 13.2. The maximum Gasteiger partial charge on any atom is 0.317 e. The molecule has 0 bridgehead atoms. The molecule has 1 aromatic heterocycles. The number of anilines is 1. The SMILES string of the molecule is O=C(Cc1coc(-c2ccccc2)n1)Oc1ccc(N2CCCC2=O)cc1. The second kappa shape index (κ2) is 7.45. The normalized spacial score (nSPS) is 13.8. The van der Waals surface area contributed by atoms with Crippen LogP contribution < -0.4 is 9.64 Å². The van der Waals surface area contributed by atoms with Crippen molar-refractivity contribution in [2.45, 2.75) is 19.3 Å². The highest BCUT2D eigenvalue weighted by molar-refractivity contribution is 5.95. The molecule has 2 heterocycles. The lowest BCUT2D eigenvalue weighted by atomic mass is 10.2. The van der Waals surface area contributed by atoms with Crippen molar-refractivity contribution in [3.63, 3.8) is 0 Å². The van der Waals surface area contributed by atoms with E-state index in [2.05, 4.69) is 4.98 Å². The first kappa shape index (κ1) is 17.0. The number of aromatic nitrogens is 1. The number of carbonyl (C=O) groups excluding carboxylic acids is 2. The Morgan fingerprint density at radius 3 is 2.59 bits per heavy atom. The molecule has 0 aliphatic carbocycles. The van der Waals surface area contributed by atoms with Gasteiger partial charge in [0.1, 0.15) is 12.0 Å². The summed E-state index contributed by atoms with van der Waals surface area (Å²) in [6.07, 6.45) is 2.94. The zero-order valence-corrected chi connectivity index (χ0v) is 14.6. The van der Waals surface area contributed by atoms with Gasteiger partial charge >= 0.3 is 5.97 Å². The van der Waals surface area contributed by atoms with Crippen molar-refractivity contribution in [2.75, 3.05) is 11.4 Å². The summed E-state index contributed by atoms with van der Waals surface area (Å²) < 4.78 is 10.8. The molecule has 0 unspecified atom stereocenters. The number of oxazole rings is 1. The van der Waals surface area contributed by atoms with E-state index in [1.54, 1.807) is 29.2 Å². The molecule has 136 valence electrons. The highest BCUT2D eigenvalue weighted by Crippen LogP contribution is 2.24. The van der Waals surface area contributed by atoms with E-state index in [0.29, 0.717) is 23.8 Å². The molecular weight excluding hydrogens is 344 g/mol. The van der Waals surface area contributed by atoms with Crippen LogP contribution in [0.15, 0.2) is 65.3 Å². The Kier molecular flexibility index (Phi) is 4.70. The highest BCUT2D eigenvalue weighted by atomic mass is 16.5. The van der Waals surface area contributed by atoms with Gasteiger partial charge in [0, 0.05) is 24.2 Å². The summed E-state index contributed by atoms with van der Waals surface area (Å²) in [7, 11) is 0. The first-order valence-electron chi connectivity index (χ1n) is 8.80. The molecule has 0 saturated carbocycles. The van der Waals surface area contributed by atoms with Crippen LogP contribution in [-0.2, 0) is 16.0 Å². The minimum atomic E-state index is -0.423. The summed E-state index contributed by atoms with van der Waals surface area (Å²) in [5, 5.41) is 0. The van der Waals surface area contributed by atoms with E-state index in [9.17, 15) is 9.59 Å². The number of rotatable bonds is 5. The minimum Gasteiger partial charge on any atom is -0.444 e. The molecule has 0 N–H and O–H groups in total. The van der Waals surface area contributed by atoms with E-state index in [1.807, 2.05) is 30.3 Å². The van der Waals surface area contributed by atoms with Gasteiger partial charge in [0.05, 0.1) is 12.1 Å². The molecule has 2 aromatic carbocycles. The second-order valence-corrected chi connectivity index (χ2v) is 6.30. The van der Waals surface area contributed by atoms with E-state index in [4.69, 9.17) is 9.15 Å². The monoisotopic (exact) mass is 362 g/mol. The van der Waals surface area contributed by atoms with Gasteiger partial charge in [-0.2, -0.15) is 0 Å². The Morgan fingerprint density at radius 1 is 1.11 bits per heavy atom. The van der Waals surface area contributed by atoms with Gasteiger partial charge in [-0.1, -0.05) is 18.2 Å². The van der Waals surface area contributed by atoms with Crippen LogP contribution in [0.5, 0.6) is 5.75 Å². The maximum atomic E-state index is 12.2. The Morgan fingerprint density at radius 2 is 1.89 bits per heavy atom. The fourth-order valence-corrected chi connectivity index (χ4v) is 3.03. The van der Waals surface area contributed by atoms with Crippen LogP contribution in [0.3, 0.4) is 0 Å². The molecule has 1 aliphatic rings. The van der Waals surface area contributed by atoms with E-state index < -0.39 is 5.97 Å². The summed E-state index contributed by atoms with van der Waals surface area (Å²) in [5.74, 6) is 0.605. The molecule has 6 heteroatoms. The summed E-state index contributed by atoms with van der Waals surface area (Å²) in [6, 6.07) is 16.4. The van der Waals surface area contributed by atoms with E-state index >= 15 is 0 Å². The number of esters is 1. The fourth-order valence-electron chi connectivity index (χ4n) is 3.03. The summed E-state index contributed by atoms with van der Waals surface area (Å²) in [4.78, 5) is 30.0. The Hall–Kier alpha value is -3.41. The smallest absolute Gasteiger partial charge is 0.317 e. The number of benzene rings is 2. The first-order valence-corrected chi connectivity index (χ1v) is 8.80. The number of amides is 1. The quantitative estimate of drug-likeness (QED) is 0.512. The molecule has 0 radical (unpaired) electrons. The third-order valence-corrected chi connectivity index (χ3v) is 4.35. The lowest BCUT2D eigenvalue weighted by molar-refractivity contribution is -0.133. The van der Waals surface area contributed by atoms with Gasteiger partial charge in [-0.05, 0) is 42.8 Å². The van der Waals surface area contributed by atoms with Gasteiger partial charge in [-0.15, -0.1) is 0 Å². The van der Waals surface area contributed by atoms with Crippen molar-refractivity contribution < 1.29 is 18.7 Å². The molecular formula is C21H18N2O4. The molecule has 1 saturated heterocycles. The second-order valence-electron chi connectivity index (χ2n) is 6.30. The lowest BCUT2D eigenvalue weighted by Gasteiger charge is -2.15. The Balaban J connectivity index is 1.37. The van der Waals surface area contributed by atoms with Crippen molar-refractivity contribution in [1.82, 2.24) is 4.98 Å². The summed E-state index contributed by atoms with van der Waals surface area (Å²) >= 11 is 0. The van der Waals surface area contributed by atoms with E-state index in [1.165, 1.54) is 6.26 Å². The fraction of sp³-hybridized carbons (Fsp3) is 0.190. The van der Waals surface area contributed by atoms with Crippen LogP contribution in [0.25, 0.3) is 11.5 Å². The van der Waals surface area contributed by atoms with Crippen LogP contribution in [-0.4, -0.2) is 23.4 Å².